The van der Waals surface area contributed by atoms with Crippen LogP contribution in [0.25, 0.3) is 0 Å². The molecule has 0 radical (unpaired) electrons. The highest BCUT2D eigenvalue weighted by Gasteiger charge is 2.43. The summed E-state index contributed by atoms with van der Waals surface area (Å²) in [6.45, 7) is 2.71. The van der Waals surface area contributed by atoms with Crippen LogP contribution in [-0.2, 0) is 16.1 Å². The number of carboxylic acids is 2. The number of carbonyl (C=O) groups is 2. The van der Waals surface area contributed by atoms with Gasteiger partial charge in [0.25, 0.3) is 0 Å². The molecule has 0 saturated carbocycles. The zero-order chi connectivity index (χ0) is 18.7. The SMILES string of the molecule is O=C(O)COc1ccc(Cl)cc1CN1CCC2(CC1)CNC(C(=O)O)C2. The molecule has 7 nitrogen and oxygen atoms in total. The van der Waals surface area contributed by atoms with Crippen molar-refractivity contribution in [1.29, 1.82) is 0 Å². The molecule has 26 heavy (non-hydrogen) atoms. The first-order valence-corrected chi connectivity index (χ1v) is 9.06. The van der Waals surface area contributed by atoms with E-state index in [1.807, 2.05) is 0 Å². The van der Waals surface area contributed by atoms with E-state index in [1.165, 1.54) is 0 Å². The number of hydrogen-bond donors (Lipinski definition) is 3. The van der Waals surface area contributed by atoms with Gasteiger partial charge < -0.3 is 20.3 Å². The van der Waals surface area contributed by atoms with Crippen LogP contribution in [-0.4, -0.2) is 59.3 Å². The van der Waals surface area contributed by atoms with E-state index in [0.29, 0.717) is 23.7 Å². The standard InChI is InChI=1S/C18H23ClN2O5/c19-13-1-2-15(26-10-16(22)23)12(7-13)9-21-5-3-18(4-6-21)8-14(17(24)25)20-11-18/h1-2,7,14,20H,3-6,8-11H2,(H,22,23)(H,24,25). The zero-order valence-corrected chi connectivity index (χ0v) is 15.2. The van der Waals surface area contributed by atoms with E-state index in [9.17, 15) is 14.7 Å². The number of piperidine rings is 1. The van der Waals surface area contributed by atoms with Crippen LogP contribution in [0.1, 0.15) is 24.8 Å². The Morgan fingerprint density at radius 2 is 2.04 bits per heavy atom. The second kappa shape index (κ2) is 7.82. The second-order valence-electron chi connectivity index (χ2n) is 7.19. The number of rotatable bonds is 6. The quantitative estimate of drug-likeness (QED) is 0.690. The molecule has 1 spiro atoms. The molecule has 1 aromatic rings. The van der Waals surface area contributed by atoms with E-state index in [-0.39, 0.29) is 12.0 Å². The minimum Gasteiger partial charge on any atom is -0.482 e. The molecule has 8 heteroatoms. The molecule has 0 aliphatic carbocycles. The average molecular weight is 383 g/mol. The largest absolute Gasteiger partial charge is 0.482 e. The Bertz CT molecular complexity index is 688. The summed E-state index contributed by atoms with van der Waals surface area (Å²) in [5.41, 5.74) is 0.930. The van der Waals surface area contributed by atoms with E-state index in [4.69, 9.17) is 21.4 Å². The minimum atomic E-state index is -1.02. The molecule has 3 rings (SSSR count). The molecule has 142 valence electrons. The van der Waals surface area contributed by atoms with Crippen LogP contribution in [0, 0.1) is 5.41 Å². The lowest BCUT2D eigenvalue weighted by Gasteiger charge is -2.39. The highest BCUT2D eigenvalue weighted by Crippen LogP contribution is 2.40. The molecular formula is C18H23ClN2O5. The van der Waals surface area contributed by atoms with Gasteiger partial charge in [-0.15, -0.1) is 0 Å². The molecule has 2 saturated heterocycles. The van der Waals surface area contributed by atoms with Crippen molar-refractivity contribution in [2.24, 2.45) is 5.41 Å². The first-order chi connectivity index (χ1) is 12.4. The van der Waals surface area contributed by atoms with Crippen molar-refractivity contribution >= 4 is 23.5 Å². The van der Waals surface area contributed by atoms with Gasteiger partial charge in [0.2, 0.25) is 0 Å². The Morgan fingerprint density at radius 3 is 2.65 bits per heavy atom. The Balaban J connectivity index is 1.60. The maximum absolute atomic E-state index is 11.2. The van der Waals surface area contributed by atoms with Crippen LogP contribution in [0.15, 0.2) is 18.2 Å². The molecule has 2 aliphatic rings. The van der Waals surface area contributed by atoms with Gasteiger partial charge in [0, 0.05) is 23.7 Å². The van der Waals surface area contributed by atoms with Gasteiger partial charge in [0.1, 0.15) is 11.8 Å². The van der Waals surface area contributed by atoms with Crippen molar-refractivity contribution in [3.63, 3.8) is 0 Å². The molecule has 2 fully saturated rings. The molecule has 2 heterocycles. The predicted molar refractivity (Wildman–Crippen MR) is 95.6 cm³/mol. The van der Waals surface area contributed by atoms with E-state index in [0.717, 1.165) is 38.0 Å². The fraction of sp³-hybridized carbons (Fsp3) is 0.556. The monoisotopic (exact) mass is 382 g/mol. The third kappa shape index (κ3) is 4.47. The number of ether oxygens (including phenoxy) is 1. The van der Waals surface area contributed by atoms with E-state index in [1.54, 1.807) is 18.2 Å². The fourth-order valence-electron chi connectivity index (χ4n) is 3.85. The lowest BCUT2D eigenvalue weighted by atomic mass is 9.76. The highest BCUT2D eigenvalue weighted by molar-refractivity contribution is 6.30. The van der Waals surface area contributed by atoms with Crippen LogP contribution in [0.4, 0.5) is 0 Å². The molecule has 3 N–H and O–H groups in total. The summed E-state index contributed by atoms with van der Waals surface area (Å²) in [4.78, 5) is 24.2. The van der Waals surface area contributed by atoms with Crippen molar-refractivity contribution < 1.29 is 24.5 Å². The van der Waals surface area contributed by atoms with Crippen LogP contribution < -0.4 is 10.1 Å². The fourth-order valence-corrected chi connectivity index (χ4v) is 4.05. The molecular weight excluding hydrogens is 360 g/mol. The number of nitrogens with zero attached hydrogens (tertiary/aromatic N) is 1. The van der Waals surface area contributed by atoms with Gasteiger partial charge in [-0.05, 0) is 56.0 Å². The van der Waals surface area contributed by atoms with Gasteiger partial charge in [0.05, 0.1) is 0 Å². The van der Waals surface area contributed by atoms with Crippen LogP contribution in [0.3, 0.4) is 0 Å². The Morgan fingerprint density at radius 1 is 1.31 bits per heavy atom. The molecule has 0 aromatic heterocycles. The van der Waals surface area contributed by atoms with Gasteiger partial charge >= 0.3 is 11.9 Å². The number of hydrogen-bond acceptors (Lipinski definition) is 5. The second-order valence-corrected chi connectivity index (χ2v) is 7.62. The predicted octanol–water partition coefficient (Wildman–Crippen LogP) is 1.83. The topological polar surface area (TPSA) is 99.1 Å². The van der Waals surface area contributed by atoms with Gasteiger partial charge in [-0.2, -0.15) is 0 Å². The Labute approximate surface area is 156 Å². The summed E-state index contributed by atoms with van der Waals surface area (Å²) >= 11 is 6.09. The summed E-state index contributed by atoms with van der Waals surface area (Å²) < 4.78 is 5.37. The number of likely N-dealkylation sites (tertiary alicyclic amines) is 1. The van der Waals surface area contributed by atoms with Crippen LogP contribution >= 0.6 is 11.6 Å². The van der Waals surface area contributed by atoms with Crippen molar-refractivity contribution in [3.05, 3.63) is 28.8 Å². The van der Waals surface area contributed by atoms with Gasteiger partial charge in [0.15, 0.2) is 6.61 Å². The molecule has 2 aliphatic heterocycles. The summed E-state index contributed by atoms with van der Waals surface area (Å²) in [7, 11) is 0. The number of benzene rings is 1. The highest BCUT2D eigenvalue weighted by atomic mass is 35.5. The summed E-state index contributed by atoms with van der Waals surface area (Å²) in [5.74, 6) is -1.26. The summed E-state index contributed by atoms with van der Waals surface area (Å²) in [5, 5.41) is 21.7. The smallest absolute Gasteiger partial charge is 0.341 e. The van der Waals surface area contributed by atoms with E-state index in [2.05, 4.69) is 10.2 Å². The zero-order valence-electron chi connectivity index (χ0n) is 14.4. The van der Waals surface area contributed by atoms with Gasteiger partial charge in [-0.3, -0.25) is 9.69 Å². The maximum atomic E-state index is 11.2. The van der Waals surface area contributed by atoms with E-state index < -0.39 is 18.0 Å². The molecule has 1 aromatic carbocycles. The average Bonchev–Trinajstić information content (AvgIpc) is 3.01. The Hall–Kier alpha value is -1.83. The van der Waals surface area contributed by atoms with Crippen LogP contribution in [0.2, 0.25) is 5.02 Å². The van der Waals surface area contributed by atoms with Crippen molar-refractivity contribution in [3.8, 4) is 5.75 Å². The lowest BCUT2D eigenvalue weighted by Crippen LogP contribution is -2.40. The first kappa shape index (κ1) is 18.9. The summed E-state index contributed by atoms with van der Waals surface area (Å²) in [6.07, 6.45) is 2.56. The third-order valence-corrected chi connectivity index (χ3v) is 5.58. The minimum absolute atomic E-state index is 0.0660. The maximum Gasteiger partial charge on any atom is 0.341 e. The van der Waals surface area contributed by atoms with Gasteiger partial charge in [-0.25, -0.2) is 4.79 Å². The van der Waals surface area contributed by atoms with Crippen molar-refractivity contribution in [2.45, 2.75) is 31.8 Å². The summed E-state index contributed by atoms with van der Waals surface area (Å²) in [6, 6.07) is 4.75. The van der Waals surface area contributed by atoms with E-state index >= 15 is 0 Å². The van der Waals surface area contributed by atoms with Gasteiger partial charge in [-0.1, -0.05) is 11.6 Å². The van der Waals surface area contributed by atoms with Crippen molar-refractivity contribution in [1.82, 2.24) is 10.2 Å². The third-order valence-electron chi connectivity index (χ3n) is 5.34. The number of aliphatic carboxylic acids is 2. The lowest BCUT2D eigenvalue weighted by molar-refractivity contribution is -0.140. The molecule has 0 amide bonds. The first-order valence-electron chi connectivity index (χ1n) is 8.68. The number of carboxylic acid groups (broad SMARTS) is 2. The van der Waals surface area contributed by atoms with Crippen LogP contribution in [0.5, 0.6) is 5.75 Å². The normalized spacial score (nSPS) is 22.4. The Kier molecular flexibility index (Phi) is 5.70. The molecule has 0 bridgehead atoms. The molecule has 1 unspecified atom stereocenters. The van der Waals surface area contributed by atoms with Crippen molar-refractivity contribution in [2.75, 3.05) is 26.2 Å². The number of halogens is 1. The number of nitrogens with one attached hydrogen (secondary N) is 1. The molecule has 1 atom stereocenters.